The summed E-state index contributed by atoms with van der Waals surface area (Å²) >= 11 is 5.79. The van der Waals surface area contributed by atoms with Crippen LogP contribution >= 0.6 is 11.6 Å². The van der Waals surface area contributed by atoms with Crippen molar-refractivity contribution in [1.82, 2.24) is 10.3 Å². The van der Waals surface area contributed by atoms with E-state index in [9.17, 15) is 9.59 Å². The molecule has 0 bridgehead atoms. The molecule has 1 atom stereocenters. The standard InChI is InChI=1S/C11H11ClN2O3/c1-2-3-9(11(16)17)14-10(15)7-6-13-5-4-8(7)12/h2,4-6,9H,1,3H2,(H,14,15)(H,16,17). The van der Waals surface area contributed by atoms with Gasteiger partial charge in [0, 0.05) is 12.4 Å². The zero-order chi connectivity index (χ0) is 12.8. The molecule has 5 nitrogen and oxygen atoms in total. The number of carbonyl (C=O) groups is 2. The Balaban J connectivity index is 2.81. The zero-order valence-electron chi connectivity index (χ0n) is 8.89. The Bertz CT molecular complexity index is 448. The van der Waals surface area contributed by atoms with Crippen molar-refractivity contribution in [1.29, 1.82) is 0 Å². The summed E-state index contributed by atoms with van der Waals surface area (Å²) in [5.41, 5.74) is 0.143. The van der Waals surface area contributed by atoms with Gasteiger partial charge < -0.3 is 10.4 Å². The minimum atomic E-state index is -1.13. The third-order valence-corrected chi connectivity index (χ3v) is 2.35. The molecule has 0 saturated carbocycles. The SMILES string of the molecule is C=CCC(NC(=O)c1cnccc1Cl)C(=O)O. The predicted octanol–water partition coefficient (Wildman–Crippen LogP) is 1.49. The van der Waals surface area contributed by atoms with Crippen LogP contribution in [0.15, 0.2) is 31.1 Å². The molecule has 0 aliphatic rings. The first-order valence-corrected chi connectivity index (χ1v) is 5.18. The van der Waals surface area contributed by atoms with E-state index in [-0.39, 0.29) is 17.0 Å². The number of nitrogens with one attached hydrogen (secondary N) is 1. The number of aliphatic carboxylic acids is 1. The average molecular weight is 255 g/mol. The van der Waals surface area contributed by atoms with Crippen LogP contribution in [0, 0.1) is 0 Å². The molecule has 0 aliphatic heterocycles. The number of carbonyl (C=O) groups excluding carboxylic acids is 1. The Morgan fingerprint density at radius 3 is 2.88 bits per heavy atom. The fourth-order valence-electron chi connectivity index (χ4n) is 1.17. The van der Waals surface area contributed by atoms with Crippen molar-refractivity contribution in [3.8, 4) is 0 Å². The second-order valence-corrected chi connectivity index (χ2v) is 3.65. The highest BCUT2D eigenvalue weighted by Crippen LogP contribution is 2.13. The smallest absolute Gasteiger partial charge is 0.326 e. The minimum Gasteiger partial charge on any atom is -0.480 e. The fraction of sp³-hybridized carbons (Fsp3) is 0.182. The molecule has 0 fully saturated rings. The van der Waals surface area contributed by atoms with Crippen LogP contribution in [0.3, 0.4) is 0 Å². The predicted molar refractivity (Wildman–Crippen MR) is 63.0 cm³/mol. The molecule has 0 radical (unpaired) electrons. The second kappa shape index (κ2) is 6.00. The molecule has 17 heavy (non-hydrogen) atoms. The fourth-order valence-corrected chi connectivity index (χ4v) is 1.36. The number of hydrogen-bond acceptors (Lipinski definition) is 3. The van der Waals surface area contributed by atoms with Gasteiger partial charge in [-0.2, -0.15) is 0 Å². The van der Waals surface area contributed by atoms with Gasteiger partial charge in [-0.25, -0.2) is 4.79 Å². The first kappa shape index (κ1) is 13.2. The van der Waals surface area contributed by atoms with E-state index in [2.05, 4.69) is 16.9 Å². The molecule has 1 amide bonds. The van der Waals surface area contributed by atoms with Crippen LogP contribution < -0.4 is 5.32 Å². The molecule has 2 N–H and O–H groups in total. The first-order chi connectivity index (χ1) is 8.06. The summed E-state index contributed by atoms with van der Waals surface area (Å²) in [6, 6.07) is 0.441. The highest BCUT2D eigenvalue weighted by atomic mass is 35.5. The van der Waals surface area contributed by atoms with E-state index >= 15 is 0 Å². The van der Waals surface area contributed by atoms with Crippen LogP contribution in [-0.2, 0) is 4.79 Å². The van der Waals surface area contributed by atoms with Crippen molar-refractivity contribution in [3.05, 3.63) is 41.7 Å². The average Bonchev–Trinajstić information content (AvgIpc) is 2.28. The zero-order valence-corrected chi connectivity index (χ0v) is 9.65. The van der Waals surface area contributed by atoms with Gasteiger partial charge in [0.15, 0.2) is 0 Å². The Kier molecular flexibility index (Phi) is 4.66. The number of carboxylic acids is 1. The summed E-state index contributed by atoms with van der Waals surface area (Å²) in [5, 5.41) is 11.4. The number of halogens is 1. The van der Waals surface area contributed by atoms with E-state index in [0.29, 0.717) is 0 Å². The van der Waals surface area contributed by atoms with Gasteiger partial charge in [0.2, 0.25) is 0 Å². The van der Waals surface area contributed by atoms with Gasteiger partial charge in [0.1, 0.15) is 6.04 Å². The molecular weight excluding hydrogens is 244 g/mol. The van der Waals surface area contributed by atoms with E-state index in [1.165, 1.54) is 24.5 Å². The minimum absolute atomic E-state index is 0.138. The third kappa shape index (κ3) is 3.57. The van der Waals surface area contributed by atoms with Gasteiger partial charge in [0.05, 0.1) is 10.6 Å². The van der Waals surface area contributed by atoms with Gasteiger partial charge in [-0.1, -0.05) is 17.7 Å². The third-order valence-electron chi connectivity index (χ3n) is 2.02. The van der Waals surface area contributed by atoms with Crippen molar-refractivity contribution in [3.63, 3.8) is 0 Å². The maximum absolute atomic E-state index is 11.7. The normalized spacial score (nSPS) is 11.6. The van der Waals surface area contributed by atoms with Crippen LogP contribution in [0.4, 0.5) is 0 Å². The van der Waals surface area contributed by atoms with Gasteiger partial charge in [-0.15, -0.1) is 6.58 Å². The van der Waals surface area contributed by atoms with E-state index in [1.807, 2.05) is 0 Å². The number of pyridine rings is 1. The van der Waals surface area contributed by atoms with Crippen LogP contribution in [-0.4, -0.2) is 28.0 Å². The Labute approximate surface area is 103 Å². The largest absolute Gasteiger partial charge is 0.480 e. The molecule has 0 spiro atoms. The van der Waals surface area contributed by atoms with Crippen LogP contribution in [0.5, 0.6) is 0 Å². The van der Waals surface area contributed by atoms with Gasteiger partial charge in [-0.3, -0.25) is 9.78 Å². The lowest BCUT2D eigenvalue weighted by atomic mass is 10.2. The Morgan fingerprint density at radius 2 is 2.35 bits per heavy atom. The molecule has 0 aromatic carbocycles. The summed E-state index contributed by atoms with van der Waals surface area (Å²) in [5.74, 6) is -1.70. The Hall–Kier alpha value is -1.88. The van der Waals surface area contributed by atoms with Gasteiger partial charge >= 0.3 is 5.97 Å². The highest BCUT2D eigenvalue weighted by Gasteiger charge is 2.20. The van der Waals surface area contributed by atoms with Crippen molar-refractivity contribution >= 4 is 23.5 Å². The lowest BCUT2D eigenvalue weighted by molar-refractivity contribution is -0.139. The lowest BCUT2D eigenvalue weighted by Gasteiger charge is -2.12. The summed E-state index contributed by atoms with van der Waals surface area (Å²) in [6.07, 6.45) is 4.28. The van der Waals surface area contributed by atoms with Crippen molar-refractivity contribution in [2.75, 3.05) is 0 Å². The number of carboxylic acid groups (broad SMARTS) is 1. The van der Waals surface area contributed by atoms with Crippen LogP contribution in [0.1, 0.15) is 16.8 Å². The van der Waals surface area contributed by atoms with E-state index in [1.54, 1.807) is 0 Å². The van der Waals surface area contributed by atoms with Crippen LogP contribution in [0.2, 0.25) is 5.02 Å². The van der Waals surface area contributed by atoms with Crippen molar-refractivity contribution < 1.29 is 14.7 Å². The maximum Gasteiger partial charge on any atom is 0.326 e. The summed E-state index contributed by atoms with van der Waals surface area (Å²) in [4.78, 5) is 26.3. The van der Waals surface area contributed by atoms with Crippen LogP contribution in [0.25, 0.3) is 0 Å². The lowest BCUT2D eigenvalue weighted by Crippen LogP contribution is -2.40. The number of nitrogens with zero attached hydrogens (tertiary/aromatic N) is 1. The topological polar surface area (TPSA) is 79.3 Å². The molecule has 0 aliphatic carbocycles. The number of amides is 1. The number of hydrogen-bond donors (Lipinski definition) is 2. The molecule has 1 heterocycles. The number of rotatable bonds is 5. The maximum atomic E-state index is 11.7. The molecule has 0 saturated heterocycles. The molecule has 1 aromatic rings. The van der Waals surface area contributed by atoms with E-state index in [0.717, 1.165) is 0 Å². The van der Waals surface area contributed by atoms with E-state index in [4.69, 9.17) is 16.7 Å². The molecule has 90 valence electrons. The molecule has 1 rings (SSSR count). The molecule has 1 aromatic heterocycles. The summed E-state index contributed by atoms with van der Waals surface area (Å²) < 4.78 is 0. The van der Waals surface area contributed by atoms with Crippen molar-refractivity contribution in [2.24, 2.45) is 0 Å². The molecular formula is C11H11ClN2O3. The highest BCUT2D eigenvalue weighted by molar-refractivity contribution is 6.33. The number of aromatic nitrogens is 1. The van der Waals surface area contributed by atoms with Crippen molar-refractivity contribution in [2.45, 2.75) is 12.5 Å². The van der Waals surface area contributed by atoms with E-state index < -0.39 is 17.9 Å². The summed E-state index contributed by atoms with van der Waals surface area (Å²) in [6.45, 7) is 3.43. The van der Waals surface area contributed by atoms with Gasteiger partial charge in [0.25, 0.3) is 5.91 Å². The second-order valence-electron chi connectivity index (χ2n) is 3.24. The molecule has 1 unspecified atom stereocenters. The first-order valence-electron chi connectivity index (χ1n) is 4.80. The quantitative estimate of drug-likeness (QED) is 0.781. The Morgan fingerprint density at radius 1 is 1.65 bits per heavy atom. The van der Waals surface area contributed by atoms with Gasteiger partial charge in [-0.05, 0) is 12.5 Å². The molecule has 6 heteroatoms. The monoisotopic (exact) mass is 254 g/mol. The summed E-state index contributed by atoms with van der Waals surface area (Å²) in [7, 11) is 0.